The molecule has 1 aromatic heterocycles. The van der Waals surface area contributed by atoms with E-state index in [0.717, 1.165) is 25.1 Å². The van der Waals surface area contributed by atoms with Crippen LogP contribution in [0.3, 0.4) is 0 Å². The fourth-order valence-electron chi connectivity index (χ4n) is 1.26. The van der Waals surface area contributed by atoms with E-state index >= 15 is 0 Å². The van der Waals surface area contributed by atoms with Crippen molar-refractivity contribution in [3.05, 3.63) is 11.4 Å². The minimum atomic E-state index is 0.505. The Morgan fingerprint density at radius 2 is 2.29 bits per heavy atom. The molecule has 0 amide bonds. The van der Waals surface area contributed by atoms with E-state index in [-0.39, 0.29) is 0 Å². The number of hydrogen-bond donors (Lipinski definition) is 1. The molecule has 0 spiro atoms. The van der Waals surface area contributed by atoms with E-state index < -0.39 is 0 Å². The van der Waals surface area contributed by atoms with Gasteiger partial charge in [-0.2, -0.15) is 0 Å². The molecule has 0 unspecified atom stereocenters. The van der Waals surface area contributed by atoms with Gasteiger partial charge in [-0.3, -0.25) is 0 Å². The summed E-state index contributed by atoms with van der Waals surface area (Å²) in [5.74, 6) is 0. The molecule has 0 aliphatic heterocycles. The third kappa shape index (κ3) is 2.10. The minimum absolute atomic E-state index is 0.505. The van der Waals surface area contributed by atoms with Gasteiger partial charge in [0.05, 0.1) is 5.69 Å². The van der Waals surface area contributed by atoms with Gasteiger partial charge in [0.1, 0.15) is 11.4 Å². The van der Waals surface area contributed by atoms with Gasteiger partial charge >= 0.3 is 0 Å². The molecule has 0 aliphatic rings. The van der Waals surface area contributed by atoms with Gasteiger partial charge in [-0.1, -0.05) is 23.7 Å². The Balaban J connectivity index is 2.85. The number of hydrogen-bond acceptors (Lipinski definition) is 4. The van der Waals surface area contributed by atoms with Crippen molar-refractivity contribution in [2.24, 2.45) is 5.16 Å². The highest BCUT2D eigenvalue weighted by Crippen LogP contribution is 2.06. The van der Waals surface area contributed by atoms with E-state index in [0.29, 0.717) is 11.4 Å². The fourth-order valence-corrected chi connectivity index (χ4v) is 1.26. The summed E-state index contributed by atoms with van der Waals surface area (Å²) in [5.41, 5.74) is 2.13. The van der Waals surface area contributed by atoms with E-state index in [1.54, 1.807) is 6.92 Å². The molecule has 5 nitrogen and oxygen atoms in total. The molecule has 0 fully saturated rings. The summed E-state index contributed by atoms with van der Waals surface area (Å²) in [6.07, 6.45) is 2.21. The maximum absolute atomic E-state index is 8.61. The van der Waals surface area contributed by atoms with Crippen LogP contribution >= 0.6 is 0 Å². The van der Waals surface area contributed by atoms with E-state index in [1.165, 1.54) is 0 Å². The van der Waals surface area contributed by atoms with Gasteiger partial charge in [0.15, 0.2) is 0 Å². The average Bonchev–Trinajstić information content (AvgIpc) is 2.56. The van der Waals surface area contributed by atoms with Gasteiger partial charge in [-0.05, 0) is 20.3 Å². The Morgan fingerprint density at radius 1 is 1.57 bits per heavy atom. The number of aryl methyl sites for hydroxylation is 1. The maximum atomic E-state index is 8.61. The topological polar surface area (TPSA) is 63.3 Å². The zero-order chi connectivity index (χ0) is 10.6. The highest BCUT2D eigenvalue weighted by atomic mass is 16.4. The van der Waals surface area contributed by atoms with Crippen LogP contribution in [0.25, 0.3) is 0 Å². The summed E-state index contributed by atoms with van der Waals surface area (Å²) in [5, 5.41) is 19.7. The van der Waals surface area contributed by atoms with Crippen molar-refractivity contribution in [2.45, 2.75) is 40.2 Å². The number of oxime groups is 1. The van der Waals surface area contributed by atoms with Crippen molar-refractivity contribution < 1.29 is 5.21 Å². The van der Waals surface area contributed by atoms with E-state index in [2.05, 4.69) is 22.4 Å². The lowest BCUT2D eigenvalue weighted by molar-refractivity contribution is 0.319. The quantitative estimate of drug-likeness (QED) is 0.452. The molecule has 0 atom stereocenters. The van der Waals surface area contributed by atoms with Crippen LogP contribution in [0.5, 0.6) is 0 Å². The van der Waals surface area contributed by atoms with Crippen LogP contribution < -0.4 is 0 Å². The molecule has 5 heteroatoms. The summed E-state index contributed by atoms with van der Waals surface area (Å²) >= 11 is 0. The van der Waals surface area contributed by atoms with Crippen LogP contribution in [0, 0.1) is 6.92 Å². The Kier molecular flexibility index (Phi) is 3.62. The second kappa shape index (κ2) is 4.74. The van der Waals surface area contributed by atoms with Crippen molar-refractivity contribution in [3.63, 3.8) is 0 Å². The summed E-state index contributed by atoms with van der Waals surface area (Å²) < 4.78 is 1.84. The van der Waals surface area contributed by atoms with Crippen LogP contribution in [0.15, 0.2) is 5.16 Å². The zero-order valence-corrected chi connectivity index (χ0v) is 8.86. The lowest BCUT2D eigenvalue weighted by atomic mass is 10.2. The average molecular weight is 196 g/mol. The van der Waals surface area contributed by atoms with Crippen LogP contribution in [0.2, 0.25) is 0 Å². The highest BCUT2D eigenvalue weighted by Gasteiger charge is 2.10. The molecule has 1 aromatic rings. The largest absolute Gasteiger partial charge is 0.411 e. The molecule has 14 heavy (non-hydrogen) atoms. The van der Waals surface area contributed by atoms with E-state index in [4.69, 9.17) is 5.21 Å². The second-order valence-electron chi connectivity index (χ2n) is 3.29. The standard InChI is InChI=1S/C9H16N4O/c1-4-5-6-13-8(3)9(10-12-13)7(2)11-14/h14H,4-6H2,1-3H3/b11-7+. The molecule has 1 heterocycles. The SMILES string of the molecule is CCCCn1nnc(/C(C)=N/O)c1C. The van der Waals surface area contributed by atoms with Gasteiger partial charge in [-0.25, -0.2) is 4.68 Å². The lowest BCUT2D eigenvalue weighted by Crippen LogP contribution is -2.04. The van der Waals surface area contributed by atoms with Gasteiger partial charge in [0.25, 0.3) is 0 Å². The van der Waals surface area contributed by atoms with E-state index in [1.807, 2.05) is 11.6 Å². The maximum Gasteiger partial charge on any atom is 0.133 e. The fraction of sp³-hybridized carbons (Fsp3) is 0.667. The van der Waals surface area contributed by atoms with Crippen LogP contribution in [-0.2, 0) is 6.54 Å². The number of aromatic nitrogens is 3. The van der Waals surface area contributed by atoms with Crippen LogP contribution in [0.1, 0.15) is 38.1 Å². The van der Waals surface area contributed by atoms with Crippen molar-refractivity contribution in [2.75, 3.05) is 0 Å². The summed E-state index contributed by atoms with van der Waals surface area (Å²) in [7, 11) is 0. The smallest absolute Gasteiger partial charge is 0.133 e. The molecule has 78 valence electrons. The Morgan fingerprint density at radius 3 is 2.86 bits per heavy atom. The Labute approximate surface area is 83.4 Å². The first-order valence-electron chi connectivity index (χ1n) is 4.79. The molecule has 0 radical (unpaired) electrons. The summed E-state index contributed by atoms with van der Waals surface area (Å²) in [6, 6.07) is 0. The first-order valence-corrected chi connectivity index (χ1v) is 4.79. The third-order valence-electron chi connectivity index (χ3n) is 2.20. The van der Waals surface area contributed by atoms with Gasteiger partial charge in [0.2, 0.25) is 0 Å². The Hall–Kier alpha value is -1.39. The van der Waals surface area contributed by atoms with Crippen molar-refractivity contribution in [1.29, 1.82) is 0 Å². The van der Waals surface area contributed by atoms with E-state index in [9.17, 15) is 0 Å². The first-order chi connectivity index (χ1) is 6.70. The number of unbranched alkanes of at least 4 members (excludes halogenated alkanes) is 1. The molecule has 0 saturated heterocycles. The van der Waals surface area contributed by atoms with Crippen molar-refractivity contribution in [1.82, 2.24) is 15.0 Å². The van der Waals surface area contributed by atoms with Gasteiger partial charge < -0.3 is 5.21 Å². The molecule has 0 aromatic carbocycles. The molecular weight excluding hydrogens is 180 g/mol. The van der Waals surface area contributed by atoms with Gasteiger partial charge in [0, 0.05) is 6.54 Å². The van der Waals surface area contributed by atoms with Crippen LogP contribution in [0.4, 0.5) is 0 Å². The predicted octanol–water partition coefficient (Wildman–Crippen LogP) is 1.58. The third-order valence-corrected chi connectivity index (χ3v) is 2.20. The monoisotopic (exact) mass is 196 g/mol. The zero-order valence-electron chi connectivity index (χ0n) is 8.86. The van der Waals surface area contributed by atoms with Crippen molar-refractivity contribution >= 4 is 5.71 Å². The Bertz CT molecular complexity index is 330. The van der Waals surface area contributed by atoms with Crippen molar-refractivity contribution in [3.8, 4) is 0 Å². The highest BCUT2D eigenvalue weighted by molar-refractivity contribution is 5.97. The molecule has 1 N–H and O–H groups in total. The molecule has 0 bridgehead atoms. The number of nitrogens with zero attached hydrogens (tertiary/aromatic N) is 4. The molecule has 0 saturated carbocycles. The van der Waals surface area contributed by atoms with Gasteiger partial charge in [-0.15, -0.1) is 5.10 Å². The lowest BCUT2D eigenvalue weighted by Gasteiger charge is -2.01. The predicted molar refractivity (Wildman–Crippen MR) is 53.7 cm³/mol. The normalized spacial score (nSPS) is 12.1. The number of rotatable bonds is 4. The molecule has 0 aliphatic carbocycles. The minimum Gasteiger partial charge on any atom is -0.411 e. The molecular formula is C9H16N4O. The summed E-state index contributed by atoms with van der Waals surface area (Å²) in [6.45, 7) is 6.64. The first kappa shape index (κ1) is 10.7. The second-order valence-corrected chi connectivity index (χ2v) is 3.29. The van der Waals surface area contributed by atoms with Crippen LogP contribution in [-0.4, -0.2) is 25.9 Å². The molecule has 1 rings (SSSR count). The summed E-state index contributed by atoms with van der Waals surface area (Å²) in [4.78, 5) is 0.